The molecule has 0 unspecified atom stereocenters. The molecule has 4 aromatic rings. The minimum absolute atomic E-state index is 0.0745. The Bertz CT molecular complexity index is 3100. The number of piperidine rings is 1. The number of piperazine rings is 1. The van der Waals surface area contributed by atoms with Gasteiger partial charge in [-0.25, -0.2) is 0 Å². The van der Waals surface area contributed by atoms with Gasteiger partial charge in [0.1, 0.15) is 36.2 Å². The Morgan fingerprint density at radius 1 is 0.642 bits per heavy atom. The highest BCUT2D eigenvalue weighted by Gasteiger charge is 2.50. The number of carbonyl (C=O) groups is 4. The SMILES string of the molecule is C=CC(=O)Cl.C=CC(=O)N1CCN(c2nc(OC[C@@H]3CCCN3C)nc3c2CCC2(Cc4ccccc4C2)C3=O)C[C@@H]1CC#N.CN1CCC[C@H]1COc1nc2c(c(N3CCC[C@@H](CC#N)C3)n1)CCC1(Cc3ccccc3C1)C2=O. The van der Waals surface area contributed by atoms with E-state index in [1.165, 1.54) is 34.8 Å². The van der Waals surface area contributed by atoms with Gasteiger partial charge in [-0.2, -0.15) is 30.5 Å². The quantitative estimate of drug-likeness (QED) is 0.0977. The van der Waals surface area contributed by atoms with Crippen LogP contribution in [0.5, 0.6) is 12.0 Å². The van der Waals surface area contributed by atoms with Crippen LogP contribution in [0.3, 0.4) is 0 Å². The van der Waals surface area contributed by atoms with E-state index in [4.69, 9.17) is 41.0 Å². The summed E-state index contributed by atoms with van der Waals surface area (Å²) in [4.78, 5) is 80.5. The topological polar surface area (TPSA) is 202 Å². The first kappa shape index (κ1) is 57.2. The molecule has 4 aliphatic carbocycles. The monoisotopic (exact) mass is 1120 g/mol. The molecule has 424 valence electrons. The fourth-order valence-corrected chi connectivity index (χ4v) is 13.9. The first-order chi connectivity index (χ1) is 39.2. The highest BCUT2D eigenvalue weighted by Crippen LogP contribution is 2.49. The van der Waals surface area contributed by atoms with Gasteiger partial charge in [-0.15, -0.1) is 0 Å². The number of likely N-dealkylation sites (tertiary alicyclic amines) is 2. The zero-order valence-corrected chi connectivity index (χ0v) is 47.7. The third-order valence-electron chi connectivity index (χ3n) is 18.5. The molecule has 0 radical (unpaired) electrons. The molecule has 17 nitrogen and oxygen atoms in total. The summed E-state index contributed by atoms with van der Waals surface area (Å²) in [7, 11) is 4.23. The van der Waals surface area contributed by atoms with E-state index in [1.54, 1.807) is 4.90 Å². The van der Waals surface area contributed by atoms with E-state index in [-0.39, 0.29) is 35.9 Å². The number of halogens is 1. The van der Waals surface area contributed by atoms with Gasteiger partial charge >= 0.3 is 12.0 Å². The van der Waals surface area contributed by atoms with Gasteiger partial charge in [0.2, 0.25) is 11.1 Å². The van der Waals surface area contributed by atoms with Gasteiger partial charge < -0.3 is 34.0 Å². The molecule has 4 saturated heterocycles. The number of nitriles is 2. The van der Waals surface area contributed by atoms with Crippen molar-refractivity contribution >= 4 is 46.0 Å². The summed E-state index contributed by atoms with van der Waals surface area (Å²) in [6.45, 7) is 13.0. The number of nitrogens with zero attached hydrogens (tertiary/aromatic N) is 11. The second kappa shape index (κ2) is 25.0. The number of amides is 1. The predicted octanol–water partition coefficient (Wildman–Crippen LogP) is 7.91. The number of benzene rings is 2. The molecular formula is C63H74ClN11O6. The summed E-state index contributed by atoms with van der Waals surface area (Å²) in [6, 6.07) is 22.3. The number of ketones is 2. The Balaban J connectivity index is 0.000000169. The molecule has 4 aliphatic heterocycles. The van der Waals surface area contributed by atoms with Crippen LogP contribution in [0.25, 0.3) is 0 Å². The molecule has 18 heteroatoms. The number of ether oxygens (including phenoxy) is 2. The van der Waals surface area contributed by atoms with Crippen LogP contribution in [0, 0.1) is 39.4 Å². The van der Waals surface area contributed by atoms with Crippen molar-refractivity contribution in [2.45, 2.75) is 121 Å². The van der Waals surface area contributed by atoms with Crippen LogP contribution in [-0.4, -0.2) is 149 Å². The van der Waals surface area contributed by atoms with Gasteiger partial charge in [0.05, 0.1) is 24.6 Å². The zero-order valence-electron chi connectivity index (χ0n) is 46.9. The molecule has 1 amide bonds. The molecule has 4 fully saturated rings. The summed E-state index contributed by atoms with van der Waals surface area (Å²) in [5.41, 5.74) is 7.06. The predicted molar refractivity (Wildman–Crippen MR) is 309 cm³/mol. The minimum Gasteiger partial charge on any atom is -0.462 e. The highest BCUT2D eigenvalue weighted by molar-refractivity contribution is 6.66. The molecule has 0 saturated carbocycles. The molecule has 81 heavy (non-hydrogen) atoms. The normalized spacial score (nSPS) is 23.1. The van der Waals surface area contributed by atoms with E-state index < -0.39 is 16.1 Å². The Morgan fingerprint density at radius 3 is 1.52 bits per heavy atom. The second-order valence-corrected chi connectivity index (χ2v) is 23.8. The summed E-state index contributed by atoms with van der Waals surface area (Å²) >= 11 is 4.71. The smallest absolute Gasteiger partial charge is 0.319 e. The van der Waals surface area contributed by atoms with Gasteiger partial charge in [-0.3, -0.25) is 19.2 Å². The Kier molecular flexibility index (Phi) is 17.6. The summed E-state index contributed by atoms with van der Waals surface area (Å²) in [5, 5.41) is 18.2. The number of likely N-dealkylation sites (N-methyl/N-ethyl adjacent to an activating group) is 2. The Labute approximate surface area is 481 Å². The molecule has 0 bridgehead atoms. The summed E-state index contributed by atoms with van der Waals surface area (Å²) < 4.78 is 12.4. The van der Waals surface area contributed by atoms with Crippen molar-refractivity contribution in [2.24, 2.45) is 16.7 Å². The van der Waals surface area contributed by atoms with Gasteiger partial charge in [-0.1, -0.05) is 61.7 Å². The first-order valence-electron chi connectivity index (χ1n) is 29.0. The zero-order chi connectivity index (χ0) is 56.8. The molecule has 2 aromatic heterocycles. The number of hydrogen-bond acceptors (Lipinski definition) is 16. The van der Waals surface area contributed by atoms with Gasteiger partial charge in [0.25, 0.3) is 0 Å². The molecule has 6 heterocycles. The molecule has 8 aliphatic rings. The maximum absolute atomic E-state index is 14.3. The number of rotatable bonds is 12. The van der Waals surface area contributed by atoms with E-state index >= 15 is 0 Å². The Hall–Kier alpha value is -7.05. The molecule has 2 spiro atoms. The van der Waals surface area contributed by atoms with E-state index in [9.17, 15) is 29.7 Å². The van der Waals surface area contributed by atoms with Crippen molar-refractivity contribution in [3.63, 3.8) is 0 Å². The van der Waals surface area contributed by atoms with Crippen molar-refractivity contribution in [3.05, 3.63) is 119 Å². The third kappa shape index (κ3) is 12.1. The van der Waals surface area contributed by atoms with Crippen LogP contribution < -0.4 is 19.3 Å². The largest absolute Gasteiger partial charge is 0.462 e. The maximum atomic E-state index is 14.3. The van der Waals surface area contributed by atoms with Crippen LogP contribution in [-0.2, 0) is 48.1 Å². The number of fused-ring (bicyclic) bond motifs is 4. The minimum atomic E-state index is -0.509. The van der Waals surface area contributed by atoms with Gasteiger partial charge in [-0.05, 0) is 169 Å². The van der Waals surface area contributed by atoms with Crippen LogP contribution in [0.2, 0.25) is 0 Å². The fraction of sp³-hybridized carbons (Fsp3) is 0.524. The van der Waals surface area contributed by atoms with Crippen LogP contribution in [0.15, 0.2) is 73.8 Å². The fourth-order valence-electron chi connectivity index (χ4n) is 13.9. The molecule has 12 rings (SSSR count). The number of carbonyl (C=O) groups excluding carboxylic acids is 4. The standard InChI is InChI=1S/C31H36N6O3.C29H35N5O2.C3H3ClO/c1-3-26(38)37-16-15-36(19-23(37)11-13-32)29-25-10-12-31(17-21-7-4-5-8-22(21)18-31)28(39)27(25)33-30(34-29)40-20-24-9-6-14-35(24)2;1-33-14-5-9-23(33)19-36-28-31-25-24(27(32-28)34-15-4-6-20(18-34)11-13-30)10-12-29(26(25)35)16-21-7-2-3-8-22(21)17-29;1-2-3(4)5/h3-5,7-8,23-24H,1,6,9-12,14-20H2,2H3;2-3,7-8,20,23H,4-6,9-12,14-19H2,1H3;2H,1H2/t23-,24-;20-,23-;/m00./s1. The van der Waals surface area contributed by atoms with Crippen LogP contribution >= 0.6 is 11.6 Å². The molecule has 0 N–H and O–H groups in total. The molecule has 4 atom stereocenters. The lowest BCUT2D eigenvalue weighted by Crippen LogP contribution is -2.55. The number of allylic oxidation sites excluding steroid dienone is 1. The van der Waals surface area contributed by atoms with Gasteiger partial charge in [0, 0.05) is 73.2 Å². The lowest BCUT2D eigenvalue weighted by molar-refractivity contribution is -0.128. The van der Waals surface area contributed by atoms with E-state index in [2.05, 4.69) is 95.4 Å². The highest BCUT2D eigenvalue weighted by atomic mass is 35.5. The average molecular weight is 1120 g/mol. The summed E-state index contributed by atoms with van der Waals surface area (Å²) in [5.74, 6) is 1.94. The van der Waals surface area contributed by atoms with Crippen molar-refractivity contribution in [1.29, 1.82) is 10.5 Å². The maximum Gasteiger partial charge on any atom is 0.319 e. The molecule has 2 aromatic carbocycles. The van der Waals surface area contributed by atoms with Crippen LogP contribution in [0.4, 0.5) is 11.6 Å². The van der Waals surface area contributed by atoms with Crippen LogP contribution in [0.1, 0.15) is 119 Å². The number of aromatic nitrogens is 4. The third-order valence-corrected chi connectivity index (χ3v) is 18.6. The summed E-state index contributed by atoms with van der Waals surface area (Å²) in [6.07, 6.45) is 15.8. The van der Waals surface area contributed by atoms with Crippen molar-refractivity contribution in [2.75, 3.05) is 82.9 Å². The number of Topliss-reactive ketones (excluding diaryl/α,β-unsaturated/α-hetero) is 2. The number of anilines is 2. The Morgan fingerprint density at radius 2 is 1.10 bits per heavy atom. The number of hydrogen-bond donors (Lipinski definition) is 0. The van der Waals surface area contributed by atoms with E-state index in [1.807, 2.05) is 12.1 Å². The van der Waals surface area contributed by atoms with Crippen molar-refractivity contribution < 1.29 is 28.7 Å². The second-order valence-electron chi connectivity index (χ2n) is 23.5. The average Bonchev–Trinajstić information content (AvgIpc) is 4.51. The van der Waals surface area contributed by atoms with E-state index in [0.29, 0.717) is 86.9 Å². The van der Waals surface area contributed by atoms with E-state index in [0.717, 1.165) is 126 Å². The molecular weight excluding hydrogens is 1040 g/mol. The lowest BCUT2D eigenvalue weighted by Gasteiger charge is -2.42. The van der Waals surface area contributed by atoms with Crippen molar-refractivity contribution in [3.8, 4) is 24.2 Å². The first-order valence-corrected chi connectivity index (χ1v) is 29.3. The van der Waals surface area contributed by atoms with Crippen molar-refractivity contribution in [1.82, 2.24) is 34.6 Å². The lowest BCUT2D eigenvalue weighted by atomic mass is 9.70. The van der Waals surface area contributed by atoms with Gasteiger partial charge in [0.15, 0.2) is 11.6 Å².